The molecule has 0 radical (unpaired) electrons. The van der Waals surface area contributed by atoms with Gasteiger partial charge in [0.15, 0.2) is 0 Å². The van der Waals surface area contributed by atoms with Gasteiger partial charge in [0.05, 0.1) is 0 Å². The van der Waals surface area contributed by atoms with Crippen LogP contribution < -0.4 is 5.32 Å². The van der Waals surface area contributed by atoms with Crippen LogP contribution in [0.25, 0.3) is 0 Å². The van der Waals surface area contributed by atoms with Crippen LogP contribution in [0.3, 0.4) is 0 Å². The zero-order valence-electron chi connectivity index (χ0n) is 12.6. The van der Waals surface area contributed by atoms with Crippen molar-refractivity contribution in [2.24, 2.45) is 11.3 Å². The largest absolute Gasteiger partial charge is 0.445 e. The van der Waals surface area contributed by atoms with E-state index in [1.807, 2.05) is 30.3 Å². The molecule has 19 heavy (non-hydrogen) atoms. The van der Waals surface area contributed by atoms with Gasteiger partial charge in [-0.1, -0.05) is 65.0 Å². The third kappa shape index (κ3) is 5.33. The molecule has 0 spiro atoms. The van der Waals surface area contributed by atoms with Crippen molar-refractivity contribution in [2.75, 3.05) is 0 Å². The van der Waals surface area contributed by atoms with Gasteiger partial charge in [-0.05, 0) is 16.9 Å². The minimum atomic E-state index is -0.350. The Morgan fingerprint density at radius 2 is 1.84 bits per heavy atom. The van der Waals surface area contributed by atoms with E-state index in [1.165, 1.54) is 0 Å². The minimum Gasteiger partial charge on any atom is -0.445 e. The van der Waals surface area contributed by atoms with Crippen molar-refractivity contribution in [3.05, 3.63) is 35.9 Å². The molecular weight excluding hydrogens is 238 g/mol. The number of ether oxygens (including phenoxy) is 1. The summed E-state index contributed by atoms with van der Waals surface area (Å²) in [6.07, 6.45) is -0.350. The molecule has 0 bridgehead atoms. The first-order valence-electron chi connectivity index (χ1n) is 6.78. The molecule has 0 fully saturated rings. The maximum Gasteiger partial charge on any atom is 0.407 e. The smallest absolute Gasteiger partial charge is 0.407 e. The number of carbonyl (C=O) groups is 1. The molecule has 1 unspecified atom stereocenters. The van der Waals surface area contributed by atoms with Gasteiger partial charge in [0.1, 0.15) is 6.61 Å². The number of amides is 1. The van der Waals surface area contributed by atoms with Crippen LogP contribution in [0.15, 0.2) is 30.3 Å². The number of benzene rings is 1. The highest BCUT2D eigenvalue weighted by molar-refractivity contribution is 5.67. The average Bonchev–Trinajstić information content (AvgIpc) is 2.33. The highest BCUT2D eigenvalue weighted by atomic mass is 16.5. The standard InChI is InChI=1S/C16H25NO2.H2/c1-12(2)14(16(3,4)5)17-15(18)19-11-13-9-7-6-8-10-13;/h6-10,12,14H,11H2,1-5H3,(H,17,18);1H. The van der Waals surface area contributed by atoms with Crippen LogP contribution >= 0.6 is 0 Å². The fourth-order valence-electron chi connectivity index (χ4n) is 2.27. The average molecular weight is 265 g/mol. The molecule has 108 valence electrons. The van der Waals surface area contributed by atoms with Gasteiger partial charge in [0, 0.05) is 7.47 Å². The maximum absolute atomic E-state index is 11.8. The predicted molar refractivity (Wildman–Crippen MR) is 80.0 cm³/mol. The zero-order chi connectivity index (χ0) is 14.5. The van der Waals surface area contributed by atoms with E-state index in [9.17, 15) is 4.79 Å². The first-order chi connectivity index (χ1) is 8.80. The molecule has 1 aromatic carbocycles. The fourth-order valence-corrected chi connectivity index (χ4v) is 2.27. The summed E-state index contributed by atoms with van der Waals surface area (Å²) in [7, 11) is 0. The molecule has 1 amide bonds. The molecule has 3 heteroatoms. The Morgan fingerprint density at radius 3 is 2.32 bits per heavy atom. The molecule has 0 aliphatic rings. The number of rotatable bonds is 4. The summed E-state index contributed by atoms with van der Waals surface area (Å²) in [5.74, 6) is 0.365. The van der Waals surface area contributed by atoms with E-state index >= 15 is 0 Å². The lowest BCUT2D eigenvalue weighted by atomic mass is 9.80. The molecule has 1 rings (SSSR count). The Morgan fingerprint density at radius 1 is 1.26 bits per heavy atom. The van der Waals surface area contributed by atoms with Gasteiger partial charge >= 0.3 is 6.09 Å². The number of nitrogens with one attached hydrogen (secondary N) is 1. The van der Waals surface area contributed by atoms with E-state index in [-0.39, 0.29) is 19.0 Å². The van der Waals surface area contributed by atoms with Gasteiger partial charge in [-0.3, -0.25) is 0 Å². The van der Waals surface area contributed by atoms with E-state index in [2.05, 4.69) is 39.9 Å². The number of carbonyl (C=O) groups excluding carboxylic acids is 1. The molecule has 0 heterocycles. The lowest BCUT2D eigenvalue weighted by Gasteiger charge is -2.34. The van der Waals surface area contributed by atoms with Gasteiger partial charge < -0.3 is 10.1 Å². The Hall–Kier alpha value is -1.51. The summed E-state index contributed by atoms with van der Waals surface area (Å²) in [6.45, 7) is 10.9. The Labute approximate surface area is 117 Å². The minimum absolute atomic E-state index is 0. The quantitative estimate of drug-likeness (QED) is 0.884. The molecule has 0 saturated heterocycles. The second-order valence-corrected chi connectivity index (χ2v) is 6.29. The SMILES string of the molecule is CC(C)C(NC(=O)OCc1ccccc1)C(C)(C)C.[HH]. The Kier molecular flexibility index (Phi) is 5.40. The van der Waals surface area contributed by atoms with Gasteiger partial charge in [0.25, 0.3) is 0 Å². The third-order valence-electron chi connectivity index (χ3n) is 3.09. The molecule has 1 atom stereocenters. The molecule has 0 aromatic heterocycles. The summed E-state index contributed by atoms with van der Waals surface area (Å²) in [4.78, 5) is 11.8. The van der Waals surface area contributed by atoms with E-state index in [0.717, 1.165) is 5.56 Å². The summed E-state index contributed by atoms with van der Waals surface area (Å²) >= 11 is 0. The first-order valence-corrected chi connectivity index (χ1v) is 6.78. The molecular formula is C16H27NO2. The monoisotopic (exact) mass is 265 g/mol. The molecule has 0 aliphatic carbocycles. The first kappa shape index (κ1) is 15.5. The second kappa shape index (κ2) is 6.60. The normalized spacial score (nSPS) is 13.2. The number of alkyl carbamates (subject to hydrolysis) is 1. The van der Waals surface area contributed by atoms with Crippen LogP contribution in [0.1, 0.15) is 41.6 Å². The van der Waals surface area contributed by atoms with Crippen molar-refractivity contribution in [2.45, 2.75) is 47.3 Å². The van der Waals surface area contributed by atoms with Crippen LogP contribution in [-0.2, 0) is 11.3 Å². The van der Waals surface area contributed by atoms with Crippen molar-refractivity contribution in [1.29, 1.82) is 0 Å². The Balaban J connectivity index is 0.00000361. The summed E-state index contributed by atoms with van der Waals surface area (Å²) in [5, 5.41) is 2.97. The highest BCUT2D eigenvalue weighted by Crippen LogP contribution is 2.25. The zero-order valence-corrected chi connectivity index (χ0v) is 12.6. The van der Waals surface area contributed by atoms with E-state index in [4.69, 9.17) is 4.74 Å². The van der Waals surface area contributed by atoms with Crippen LogP contribution in [0, 0.1) is 11.3 Å². The van der Waals surface area contributed by atoms with Crippen molar-refractivity contribution < 1.29 is 11.0 Å². The van der Waals surface area contributed by atoms with Gasteiger partial charge in [-0.25, -0.2) is 4.79 Å². The van der Waals surface area contributed by atoms with E-state index in [1.54, 1.807) is 0 Å². The van der Waals surface area contributed by atoms with Crippen LogP contribution in [-0.4, -0.2) is 12.1 Å². The van der Waals surface area contributed by atoms with Crippen LogP contribution in [0.2, 0.25) is 0 Å². The van der Waals surface area contributed by atoms with E-state index < -0.39 is 0 Å². The lowest BCUT2D eigenvalue weighted by Crippen LogP contribution is -2.47. The second-order valence-electron chi connectivity index (χ2n) is 6.29. The molecule has 1 N–H and O–H groups in total. The van der Waals surface area contributed by atoms with Crippen molar-refractivity contribution in [3.8, 4) is 0 Å². The van der Waals surface area contributed by atoms with Gasteiger partial charge in [0.2, 0.25) is 0 Å². The lowest BCUT2D eigenvalue weighted by molar-refractivity contribution is 0.118. The molecule has 0 saturated carbocycles. The number of hydrogen-bond donors (Lipinski definition) is 1. The van der Waals surface area contributed by atoms with Gasteiger partial charge in [-0.15, -0.1) is 0 Å². The number of hydrogen-bond acceptors (Lipinski definition) is 2. The van der Waals surface area contributed by atoms with Gasteiger partial charge in [-0.2, -0.15) is 0 Å². The molecule has 0 aliphatic heterocycles. The van der Waals surface area contributed by atoms with Crippen LogP contribution in [0.4, 0.5) is 4.79 Å². The predicted octanol–water partition coefficient (Wildman–Crippen LogP) is 4.23. The fraction of sp³-hybridized carbons (Fsp3) is 0.562. The van der Waals surface area contributed by atoms with Crippen molar-refractivity contribution in [3.63, 3.8) is 0 Å². The highest BCUT2D eigenvalue weighted by Gasteiger charge is 2.29. The summed E-state index contributed by atoms with van der Waals surface area (Å²) in [6, 6.07) is 9.79. The molecule has 1 aromatic rings. The van der Waals surface area contributed by atoms with Crippen molar-refractivity contribution >= 4 is 6.09 Å². The maximum atomic E-state index is 11.8. The Bertz CT molecular complexity index is 399. The topological polar surface area (TPSA) is 38.3 Å². The summed E-state index contributed by atoms with van der Waals surface area (Å²) in [5.41, 5.74) is 1.01. The van der Waals surface area contributed by atoms with Crippen molar-refractivity contribution in [1.82, 2.24) is 5.32 Å². The summed E-state index contributed by atoms with van der Waals surface area (Å²) < 4.78 is 5.25. The van der Waals surface area contributed by atoms with E-state index in [0.29, 0.717) is 12.5 Å². The third-order valence-corrected chi connectivity index (χ3v) is 3.09. The molecule has 3 nitrogen and oxygen atoms in total. The van der Waals surface area contributed by atoms with Crippen LogP contribution in [0.5, 0.6) is 0 Å².